The summed E-state index contributed by atoms with van der Waals surface area (Å²) >= 11 is 5.74. The summed E-state index contributed by atoms with van der Waals surface area (Å²) < 4.78 is 4.46. The van der Waals surface area contributed by atoms with Crippen molar-refractivity contribution in [2.75, 3.05) is 7.11 Å². The fourth-order valence-electron chi connectivity index (χ4n) is 1.22. The van der Waals surface area contributed by atoms with Crippen molar-refractivity contribution in [3.8, 4) is 0 Å². The van der Waals surface area contributed by atoms with Gasteiger partial charge >= 0.3 is 5.97 Å². The third kappa shape index (κ3) is 3.55. The van der Waals surface area contributed by atoms with Gasteiger partial charge in [-0.05, 0) is 24.1 Å². The minimum atomic E-state index is -0.614. The number of rotatable bonds is 4. The number of carbonyl (C=O) groups is 1. The van der Waals surface area contributed by atoms with Gasteiger partial charge in [0.1, 0.15) is 0 Å². The molecule has 86 valence electrons. The van der Waals surface area contributed by atoms with Gasteiger partial charge in [-0.1, -0.05) is 28.9 Å². The molecule has 1 aromatic rings. The van der Waals surface area contributed by atoms with Crippen LogP contribution in [0.2, 0.25) is 5.02 Å². The van der Waals surface area contributed by atoms with E-state index in [9.17, 15) is 4.79 Å². The van der Waals surface area contributed by atoms with E-state index in [4.69, 9.17) is 16.8 Å². The molecule has 0 saturated heterocycles. The van der Waals surface area contributed by atoms with E-state index in [1.165, 1.54) is 7.11 Å². The number of methoxy groups -OCH3 is 1. The van der Waals surface area contributed by atoms with Gasteiger partial charge in [-0.3, -0.25) is 0 Å². The Morgan fingerprint density at radius 2 is 2.06 bits per heavy atom. The molecule has 1 aromatic carbocycles. The van der Waals surface area contributed by atoms with E-state index in [0.29, 0.717) is 17.9 Å². The molecule has 0 aromatic heterocycles. The third-order valence-electron chi connectivity index (χ3n) is 2.11. The molecule has 0 radical (unpaired) electrons. The van der Waals surface area contributed by atoms with Crippen LogP contribution in [-0.2, 0) is 16.0 Å². The number of nitrogens with zero attached hydrogens (tertiary/aromatic N) is 1. The van der Waals surface area contributed by atoms with Crippen molar-refractivity contribution in [1.82, 2.24) is 0 Å². The molecular formula is C11H12ClNO3. The first kappa shape index (κ1) is 12.5. The molecule has 0 spiro atoms. The molecule has 0 heterocycles. The van der Waals surface area contributed by atoms with Crippen molar-refractivity contribution in [2.45, 2.75) is 12.8 Å². The van der Waals surface area contributed by atoms with Crippen molar-refractivity contribution >= 4 is 23.3 Å². The first-order chi connectivity index (χ1) is 7.67. The minimum absolute atomic E-state index is 0.0115. The van der Waals surface area contributed by atoms with Crippen molar-refractivity contribution in [1.29, 1.82) is 0 Å². The maximum absolute atomic E-state index is 11.1. The Labute approximate surface area is 98.5 Å². The summed E-state index contributed by atoms with van der Waals surface area (Å²) in [7, 11) is 1.25. The third-order valence-corrected chi connectivity index (χ3v) is 2.36. The fraction of sp³-hybridized carbons (Fsp3) is 0.273. The molecule has 0 aliphatic carbocycles. The minimum Gasteiger partial charge on any atom is -0.464 e. The summed E-state index contributed by atoms with van der Waals surface area (Å²) in [5, 5.41) is 12.2. The Hall–Kier alpha value is -1.55. The lowest BCUT2D eigenvalue weighted by Gasteiger charge is -2.02. The molecule has 0 aliphatic heterocycles. The number of hydrogen-bond acceptors (Lipinski definition) is 4. The Morgan fingerprint density at radius 3 is 2.56 bits per heavy atom. The lowest BCUT2D eigenvalue weighted by molar-refractivity contribution is -0.133. The first-order valence-electron chi connectivity index (χ1n) is 4.71. The van der Waals surface area contributed by atoms with Gasteiger partial charge in [-0.15, -0.1) is 0 Å². The number of oxime groups is 1. The van der Waals surface area contributed by atoms with Crippen LogP contribution >= 0.6 is 11.6 Å². The van der Waals surface area contributed by atoms with Crippen LogP contribution < -0.4 is 0 Å². The predicted molar refractivity (Wildman–Crippen MR) is 61.0 cm³/mol. The van der Waals surface area contributed by atoms with E-state index in [1.807, 2.05) is 12.1 Å². The number of esters is 1. The van der Waals surface area contributed by atoms with Crippen LogP contribution in [0.5, 0.6) is 0 Å². The van der Waals surface area contributed by atoms with Gasteiger partial charge in [0.2, 0.25) is 0 Å². The van der Waals surface area contributed by atoms with Gasteiger partial charge in [-0.2, -0.15) is 0 Å². The molecule has 5 heteroatoms. The summed E-state index contributed by atoms with van der Waals surface area (Å²) in [4.78, 5) is 11.1. The van der Waals surface area contributed by atoms with E-state index in [1.54, 1.807) is 12.1 Å². The highest BCUT2D eigenvalue weighted by Gasteiger charge is 2.12. The zero-order valence-electron chi connectivity index (χ0n) is 8.81. The largest absolute Gasteiger partial charge is 0.464 e. The smallest absolute Gasteiger partial charge is 0.355 e. The first-order valence-corrected chi connectivity index (χ1v) is 5.09. The predicted octanol–water partition coefficient (Wildman–Crippen LogP) is 2.28. The normalized spacial score (nSPS) is 11.2. The molecule has 0 atom stereocenters. The molecule has 0 aliphatic rings. The lowest BCUT2D eigenvalue weighted by Crippen LogP contribution is -2.16. The number of aryl methyl sites for hydroxylation is 1. The molecule has 0 unspecified atom stereocenters. The number of benzene rings is 1. The Bertz CT molecular complexity index is 387. The van der Waals surface area contributed by atoms with Gasteiger partial charge in [0.05, 0.1) is 7.11 Å². The van der Waals surface area contributed by atoms with Crippen LogP contribution in [0.1, 0.15) is 12.0 Å². The number of halogens is 1. The quantitative estimate of drug-likeness (QED) is 0.381. The zero-order valence-corrected chi connectivity index (χ0v) is 9.57. The molecule has 0 fully saturated rings. The van der Waals surface area contributed by atoms with Gasteiger partial charge in [0.15, 0.2) is 5.71 Å². The Balaban J connectivity index is 2.57. The van der Waals surface area contributed by atoms with Crippen LogP contribution in [0.3, 0.4) is 0 Å². The van der Waals surface area contributed by atoms with Crippen LogP contribution in [0.25, 0.3) is 0 Å². The number of carbonyl (C=O) groups excluding carboxylic acids is 1. The SMILES string of the molecule is COC(=O)C(CCc1ccc(Cl)cc1)=NO. The summed E-state index contributed by atoms with van der Waals surface area (Å²) in [6, 6.07) is 7.25. The molecule has 1 rings (SSSR count). The molecule has 1 N–H and O–H groups in total. The highest BCUT2D eigenvalue weighted by molar-refractivity contribution is 6.36. The van der Waals surface area contributed by atoms with Gasteiger partial charge in [0, 0.05) is 11.4 Å². The van der Waals surface area contributed by atoms with Crippen LogP contribution in [0.15, 0.2) is 29.4 Å². The van der Waals surface area contributed by atoms with Crippen molar-refractivity contribution in [2.24, 2.45) is 5.16 Å². The molecule has 0 bridgehead atoms. The maximum Gasteiger partial charge on any atom is 0.355 e. The second kappa shape index (κ2) is 6.12. The summed E-state index contributed by atoms with van der Waals surface area (Å²) in [5.74, 6) is -0.614. The average molecular weight is 242 g/mol. The average Bonchev–Trinajstić information content (AvgIpc) is 2.31. The highest BCUT2D eigenvalue weighted by Crippen LogP contribution is 2.11. The highest BCUT2D eigenvalue weighted by atomic mass is 35.5. The Kier molecular flexibility index (Phi) is 4.79. The second-order valence-corrected chi connectivity index (χ2v) is 3.60. The van der Waals surface area contributed by atoms with E-state index in [0.717, 1.165) is 5.56 Å². The van der Waals surface area contributed by atoms with Crippen LogP contribution in [0, 0.1) is 0 Å². The molecule has 0 saturated carbocycles. The maximum atomic E-state index is 11.1. The van der Waals surface area contributed by atoms with Gasteiger partial charge in [0.25, 0.3) is 0 Å². The van der Waals surface area contributed by atoms with Crippen molar-refractivity contribution in [3.63, 3.8) is 0 Å². The van der Waals surface area contributed by atoms with E-state index in [2.05, 4.69) is 9.89 Å². The zero-order chi connectivity index (χ0) is 12.0. The second-order valence-electron chi connectivity index (χ2n) is 3.16. The molecule has 4 nitrogen and oxygen atoms in total. The van der Waals surface area contributed by atoms with E-state index >= 15 is 0 Å². The van der Waals surface area contributed by atoms with Crippen molar-refractivity contribution < 1.29 is 14.7 Å². The lowest BCUT2D eigenvalue weighted by atomic mass is 10.1. The standard InChI is InChI=1S/C11H12ClNO3/c1-16-11(14)10(13-15)7-4-8-2-5-9(12)6-3-8/h2-3,5-6,15H,4,7H2,1H3. The molecule has 0 amide bonds. The van der Waals surface area contributed by atoms with E-state index < -0.39 is 5.97 Å². The van der Waals surface area contributed by atoms with Crippen LogP contribution in [0.4, 0.5) is 0 Å². The molecular weight excluding hydrogens is 230 g/mol. The number of ether oxygens (including phenoxy) is 1. The summed E-state index contributed by atoms with van der Waals surface area (Å²) in [6.45, 7) is 0. The monoisotopic (exact) mass is 241 g/mol. The summed E-state index contributed by atoms with van der Waals surface area (Å²) in [5.41, 5.74) is 1.02. The van der Waals surface area contributed by atoms with Crippen LogP contribution in [-0.4, -0.2) is 24.0 Å². The summed E-state index contributed by atoms with van der Waals surface area (Å²) in [6.07, 6.45) is 0.913. The molecule has 16 heavy (non-hydrogen) atoms. The number of hydrogen-bond donors (Lipinski definition) is 1. The Morgan fingerprint density at radius 1 is 1.44 bits per heavy atom. The van der Waals surface area contributed by atoms with Crippen molar-refractivity contribution in [3.05, 3.63) is 34.9 Å². The van der Waals surface area contributed by atoms with Gasteiger partial charge < -0.3 is 9.94 Å². The van der Waals surface area contributed by atoms with E-state index in [-0.39, 0.29) is 5.71 Å². The topological polar surface area (TPSA) is 58.9 Å². The van der Waals surface area contributed by atoms with Gasteiger partial charge in [-0.25, -0.2) is 4.79 Å². The fourth-order valence-corrected chi connectivity index (χ4v) is 1.35.